The molecule has 0 bridgehead atoms. The van der Waals surface area contributed by atoms with Crippen molar-refractivity contribution in [2.75, 3.05) is 13.1 Å². The molecule has 0 aromatic carbocycles. The molecule has 1 rings (SSSR count). The van der Waals surface area contributed by atoms with E-state index < -0.39 is 0 Å². The lowest BCUT2D eigenvalue weighted by atomic mass is 9.83. The van der Waals surface area contributed by atoms with Crippen LogP contribution in [0.5, 0.6) is 0 Å². The standard InChI is InChI=1S/C9H18N2O/c1-4-7(8(10)12)11-5-9(2,3)6-11/h7H,4-6H2,1-3H3,(H2,10,12). The first-order valence-corrected chi connectivity index (χ1v) is 4.49. The molecule has 2 N–H and O–H groups in total. The van der Waals surface area contributed by atoms with Crippen LogP contribution in [0.1, 0.15) is 27.2 Å². The summed E-state index contributed by atoms with van der Waals surface area (Å²) in [6.07, 6.45) is 0.825. The van der Waals surface area contributed by atoms with E-state index in [1.54, 1.807) is 0 Å². The number of likely N-dealkylation sites (tertiary alicyclic amines) is 1. The van der Waals surface area contributed by atoms with Gasteiger partial charge in [0.25, 0.3) is 0 Å². The lowest BCUT2D eigenvalue weighted by molar-refractivity contribution is -0.128. The number of nitrogens with two attached hydrogens (primary N) is 1. The maximum atomic E-state index is 11.0. The Labute approximate surface area is 73.9 Å². The minimum Gasteiger partial charge on any atom is -0.368 e. The Morgan fingerprint density at radius 1 is 1.58 bits per heavy atom. The first-order chi connectivity index (χ1) is 5.46. The van der Waals surface area contributed by atoms with Crippen LogP contribution in [0.4, 0.5) is 0 Å². The lowest BCUT2D eigenvalue weighted by Gasteiger charge is -2.48. The zero-order chi connectivity index (χ0) is 9.35. The van der Waals surface area contributed by atoms with Gasteiger partial charge in [-0.2, -0.15) is 0 Å². The summed E-state index contributed by atoms with van der Waals surface area (Å²) in [5, 5.41) is 0. The van der Waals surface area contributed by atoms with Gasteiger partial charge in [0.1, 0.15) is 0 Å². The van der Waals surface area contributed by atoms with Gasteiger partial charge in [-0.1, -0.05) is 20.8 Å². The summed E-state index contributed by atoms with van der Waals surface area (Å²) in [6, 6.07) is -0.0435. The number of amides is 1. The van der Waals surface area contributed by atoms with E-state index in [0.29, 0.717) is 5.41 Å². The van der Waals surface area contributed by atoms with E-state index in [9.17, 15) is 4.79 Å². The van der Waals surface area contributed by atoms with E-state index in [1.807, 2.05) is 6.92 Å². The molecule has 1 fully saturated rings. The van der Waals surface area contributed by atoms with Gasteiger partial charge >= 0.3 is 0 Å². The van der Waals surface area contributed by atoms with Gasteiger partial charge < -0.3 is 5.73 Å². The third-order valence-electron chi connectivity index (χ3n) is 2.42. The van der Waals surface area contributed by atoms with Crippen LogP contribution in [-0.2, 0) is 4.79 Å². The second kappa shape index (κ2) is 3.05. The van der Waals surface area contributed by atoms with Crippen molar-refractivity contribution < 1.29 is 4.79 Å². The molecule has 1 unspecified atom stereocenters. The fraction of sp³-hybridized carbons (Fsp3) is 0.889. The van der Waals surface area contributed by atoms with E-state index >= 15 is 0 Å². The van der Waals surface area contributed by atoms with Crippen molar-refractivity contribution >= 4 is 5.91 Å². The maximum absolute atomic E-state index is 11.0. The molecule has 0 aromatic rings. The van der Waals surface area contributed by atoms with Gasteiger partial charge in [0, 0.05) is 13.1 Å². The predicted octanol–water partition coefficient (Wildman–Crippen LogP) is 0.592. The van der Waals surface area contributed by atoms with Crippen molar-refractivity contribution in [2.24, 2.45) is 11.1 Å². The number of rotatable bonds is 3. The van der Waals surface area contributed by atoms with Crippen molar-refractivity contribution in [3.05, 3.63) is 0 Å². The number of primary amides is 1. The molecule has 1 heterocycles. The zero-order valence-corrected chi connectivity index (χ0v) is 8.13. The Morgan fingerprint density at radius 2 is 2.08 bits per heavy atom. The molecule has 0 spiro atoms. The van der Waals surface area contributed by atoms with Gasteiger partial charge in [-0.05, 0) is 11.8 Å². The summed E-state index contributed by atoms with van der Waals surface area (Å²) in [5.41, 5.74) is 5.64. The first-order valence-electron chi connectivity index (χ1n) is 4.49. The Bertz CT molecular complexity index is 181. The topological polar surface area (TPSA) is 46.3 Å². The van der Waals surface area contributed by atoms with Crippen LogP contribution in [-0.4, -0.2) is 29.9 Å². The van der Waals surface area contributed by atoms with Crippen molar-refractivity contribution in [3.63, 3.8) is 0 Å². The second-order valence-electron chi connectivity index (χ2n) is 4.40. The molecular formula is C9H18N2O. The normalized spacial score (nSPS) is 24.6. The molecular weight excluding hydrogens is 152 g/mol. The van der Waals surface area contributed by atoms with Crippen LogP contribution >= 0.6 is 0 Å². The fourth-order valence-electron chi connectivity index (χ4n) is 1.91. The SMILES string of the molecule is CCC(C(N)=O)N1CC(C)(C)C1. The minimum atomic E-state index is -0.187. The average molecular weight is 170 g/mol. The number of hydrogen-bond donors (Lipinski definition) is 1. The number of hydrogen-bond acceptors (Lipinski definition) is 2. The molecule has 0 saturated carbocycles. The highest BCUT2D eigenvalue weighted by atomic mass is 16.1. The van der Waals surface area contributed by atoms with E-state index in [4.69, 9.17) is 5.73 Å². The molecule has 1 amide bonds. The Morgan fingerprint density at radius 3 is 2.33 bits per heavy atom. The van der Waals surface area contributed by atoms with Crippen LogP contribution in [0.3, 0.4) is 0 Å². The first kappa shape index (κ1) is 9.52. The average Bonchev–Trinajstić information content (AvgIpc) is 1.84. The van der Waals surface area contributed by atoms with Crippen molar-refractivity contribution in [3.8, 4) is 0 Å². The molecule has 1 aliphatic heterocycles. The molecule has 1 saturated heterocycles. The van der Waals surface area contributed by atoms with E-state index in [1.165, 1.54) is 0 Å². The van der Waals surface area contributed by atoms with Gasteiger partial charge in [0.15, 0.2) is 0 Å². The number of carbonyl (C=O) groups is 1. The minimum absolute atomic E-state index is 0.0435. The quantitative estimate of drug-likeness (QED) is 0.674. The van der Waals surface area contributed by atoms with Crippen LogP contribution in [0.25, 0.3) is 0 Å². The monoisotopic (exact) mass is 170 g/mol. The predicted molar refractivity (Wildman–Crippen MR) is 48.6 cm³/mol. The summed E-state index contributed by atoms with van der Waals surface area (Å²) in [5.74, 6) is -0.187. The van der Waals surface area contributed by atoms with Gasteiger partial charge in [0.2, 0.25) is 5.91 Å². The Balaban J connectivity index is 2.45. The zero-order valence-electron chi connectivity index (χ0n) is 8.13. The summed E-state index contributed by atoms with van der Waals surface area (Å²) < 4.78 is 0. The number of nitrogens with zero attached hydrogens (tertiary/aromatic N) is 1. The summed E-state index contributed by atoms with van der Waals surface area (Å²) in [6.45, 7) is 8.40. The highest BCUT2D eigenvalue weighted by molar-refractivity contribution is 5.79. The second-order valence-corrected chi connectivity index (χ2v) is 4.40. The third kappa shape index (κ3) is 1.78. The van der Waals surface area contributed by atoms with Crippen LogP contribution in [0, 0.1) is 5.41 Å². The molecule has 0 aromatic heterocycles. The van der Waals surface area contributed by atoms with Gasteiger partial charge in [0.05, 0.1) is 6.04 Å². The summed E-state index contributed by atoms with van der Waals surface area (Å²) in [4.78, 5) is 13.1. The van der Waals surface area contributed by atoms with Crippen molar-refractivity contribution in [1.82, 2.24) is 4.90 Å². The largest absolute Gasteiger partial charge is 0.368 e. The van der Waals surface area contributed by atoms with Gasteiger partial charge in [-0.3, -0.25) is 9.69 Å². The molecule has 70 valence electrons. The smallest absolute Gasteiger partial charge is 0.234 e. The highest BCUT2D eigenvalue weighted by Gasteiger charge is 2.39. The highest BCUT2D eigenvalue weighted by Crippen LogP contribution is 2.30. The lowest BCUT2D eigenvalue weighted by Crippen LogP contribution is -2.60. The molecule has 3 nitrogen and oxygen atoms in total. The van der Waals surface area contributed by atoms with Crippen molar-refractivity contribution in [2.45, 2.75) is 33.2 Å². The molecule has 0 aliphatic carbocycles. The van der Waals surface area contributed by atoms with Gasteiger partial charge in [-0.25, -0.2) is 0 Å². The van der Waals surface area contributed by atoms with Crippen LogP contribution in [0.2, 0.25) is 0 Å². The molecule has 3 heteroatoms. The maximum Gasteiger partial charge on any atom is 0.234 e. The third-order valence-corrected chi connectivity index (χ3v) is 2.42. The van der Waals surface area contributed by atoms with Crippen molar-refractivity contribution in [1.29, 1.82) is 0 Å². The molecule has 12 heavy (non-hydrogen) atoms. The van der Waals surface area contributed by atoms with Crippen LogP contribution < -0.4 is 5.73 Å². The van der Waals surface area contributed by atoms with E-state index in [2.05, 4.69) is 18.7 Å². The Hall–Kier alpha value is -0.570. The Kier molecular flexibility index (Phi) is 2.42. The fourth-order valence-corrected chi connectivity index (χ4v) is 1.91. The molecule has 1 atom stereocenters. The van der Waals surface area contributed by atoms with E-state index in [0.717, 1.165) is 19.5 Å². The summed E-state index contributed by atoms with van der Waals surface area (Å²) in [7, 11) is 0. The molecule has 1 aliphatic rings. The summed E-state index contributed by atoms with van der Waals surface area (Å²) >= 11 is 0. The number of carbonyl (C=O) groups excluding carboxylic acids is 1. The van der Waals surface area contributed by atoms with Crippen LogP contribution in [0.15, 0.2) is 0 Å². The van der Waals surface area contributed by atoms with E-state index in [-0.39, 0.29) is 11.9 Å². The van der Waals surface area contributed by atoms with Gasteiger partial charge in [-0.15, -0.1) is 0 Å². The molecule has 0 radical (unpaired) electrons.